The molecular weight excluding hydrogens is 402 g/mol. The largest absolute Gasteiger partial charge is 0.497 e. The summed E-state index contributed by atoms with van der Waals surface area (Å²) in [6.45, 7) is 1.63. The molecule has 9 heteroatoms. The molecule has 1 fully saturated rings. The highest BCUT2D eigenvalue weighted by Gasteiger charge is 2.24. The zero-order chi connectivity index (χ0) is 21.5. The van der Waals surface area contributed by atoms with Crippen LogP contribution in [-0.2, 0) is 0 Å². The Hall–Kier alpha value is -3.75. The number of halogens is 2. The van der Waals surface area contributed by atoms with Gasteiger partial charge in [-0.2, -0.15) is 4.98 Å². The van der Waals surface area contributed by atoms with Crippen molar-refractivity contribution in [2.24, 2.45) is 0 Å². The minimum atomic E-state index is -0.496. The van der Waals surface area contributed by atoms with Gasteiger partial charge in [-0.05, 0) is 43.2 Å². The highest BCUT2D eigenvalue weighted by Crippen LogP contribution is 2.36. The van der Waals surface area contributed by atoms with E-state index in [4.69, 9.17) is 10.5 Å². The molecule has 158 valence electrons. The highest BCUT2D eigenvalue weighted by atomic mass is 19.1. The van der Waals surface area contributed by atoms with Crippen molar-refractivity contribution in [2.75, 3.05) is 30.8 Å². The number of aromatic nitrogens is 4. The van der Waals surface area contributed by atoms with Crippen LogP contribution in [0, 0.1) is 11.6 Å². The summed E-state index contributed by atoms with van der Waals surface area (Å²) in [6, 6.07) is 10.5. The zero-order valence-electron chi connectivity index (χ0n) is 16.8. The molecule has 5 rings (SSSR count). The fourth-order valence-electron chi connectivity index (χ4n) is 3.87. The third-order valence-corrected chi connectivity index (χ3v) is 5.43. The second-order valence-corrected chi connectivity index (χ2v) is 7.39. The smallest absolute Gasteiger partial charge is 0.228 e. The van der Waals surface area contributed by atoms with Crippen LogP contribution < -0.4 is 15.4 Å². The van der Waals surface area contributed by atoms with Gasteiger partial charge in [0.1, 0.15) is 23.2 Å². The van der Waals surface area contributed by atoms with E-state index in [1.807, 2.05) is 4.90 Å². The molecule has 7 nitrogen and oxygen atoms in total. The van der Waals surface area contributed by atoms with Crippen LogP contribution in [0.5, 0.6) is 5.75 Å². The van der Waals surface area contributed by atoms with Gasteiger partial charge in [0.25, 0.3) is 0 Å². The van der Waals surface area contributed by atoms with E-state index in [2.05, 4.69) is 15.1 Å². The fraction of sp³-hybridized carbons (Fsp3) is 0.227. The first-order valence-corrected chi connectivity index (χ1v) is 9.96. The molecule has 3 heterocycles. The van der Waals surface area contributed by atoms with Crippen molar-refractivity contribution in [3.05, 3.63) is 54.1 Å². The van der Waals surface area contributed by atoms with E-state index < -0.39 is 11.6 Å². The van der Waals surface area contributed by atoms with Crippen LogP contribution in [0.25, 0.3) is 28.0 Å². The van der Waals surface area contributed by atoms with E-state index in [1.165, 1.54) is 30.0 Å². The number of nitrogen functional groups attached to an aromatic ring is 1. The van der Waals surface area contributed by atoms with Crippen molar-refractivity contribution in [1.29, 1.82) is 0 Å². The van der Waals surface area contributed by atoms with Crippen LogP contribution in [0.2, 0.25) is 0 Å². The van der Waals surface area contributed by atoms with Crippen LogP contribution in [0.3, 0.4) is 0 Å². The molecule has 0 radical (unpaired) electrons. The first kappa shape index (κ1) is 19.2. The van der Waals surface area contributed by atoms with E-state index in [1.54, 1.807) is 24.3 Å². The SMILES string of the molecule is COc1ccc(-c2nc(N3CCCC3)nc3nn(-c4cccc(F)c4)c(N)c23)c(F)c1. The normalized spacial score (nSPS) is 13.8. The van der Waals surface area contributed by atoms with Crippen molar-refractivity contribution in [3.63, 3.8) is 0 Å². The Morgan fingerprint density at radius 2 is 1.84 bits per heavy atom. The highest BCUT2D eigenvalue weighted by molar-refractivity contribution is 5.99. The summed E-state index contributed by atoms with van der Waals surface area (Å²) in [5.74, 6) is 0.166. The summed E-state index contributed by atoms with van der Waals surface area (Å²) in [7, 11) is 1.48. The summed E-state index contributed by atoms with van der Waals surface area (Å²) in [5, 5.41) is 4.92. The van der Waals surface area contributed by atoms with Crippen LogP contribution in [-0.4, -0.2) is 39.9 Å². The molecule has 0 unspecified atom stereocenters. The first-order chi connectivity index (χ1) is 15.0. The van der Waals surface area contributed by atoms with Gasteiger partial charge in [-0.1, -0.05) is 6.07 Å². The van der Waals surface area contributed by atoms with Gasteiger partial charge in [-0.15, -0.1) is 5.10 Å². The lowest BCUT2D eigenvalue weighted by molar-refractivity contribution is 0.411. The third kappa shape index (κ3) is 3.31. The summed E-state index contributed by atoms with van der Waals surface area (Å²) >= 11 is 0. The quantitative estimate of drug-likeness (QED) is 0.536. The predicted octanol–water partition coefficient (Wildman–Crippen LogP) is 3.95. The van der Waals surface area contributed by atoms with Crippen LogP contribution in [0.15, 0.2) is 42.5 Å². The number of benzene rings is 2. The maximum Gasteiger partial charge on any atom is 0.228 e. The number of hydrogen-bond acceptors (Lipinski definition) is 6. The minimum absolute atomic E-state index is 0.207. The Kier molecular flexibility index (Phi) is 4.65. The van der Waals surface area contributed by atoms with Gasteiger partial charge in [0.05, 0.1) is 23.9 Å². The molecule has 1 saturated heterocycles. The second kappa shape index (κ2) is 7.50. The molecule has 0 atom stereocenters. The van der Waals surface area contributed by atoms with Crippen molar-refractivity contribution in [1.82, 2.24) is 19.7 Å². The topological polar surface area (TPSA) is 82.1 Å². The van der Waals surface area contributed by atoms with Crippen molar-refractivity contribution < 1.29 is 13.5 Å². The molecular formula is C22H20F2N6O. The first-order valence-electron chi connectivity index (χ1n) is 9.96. The lowest BCUT2D eigenvalue weighted by Gasteiger charge is -2.16. The number of fused-ring (bicyclic) bond motifs is 1. The van der Waals surface area contributed by atoms with Gasteiger partial charge >= 0.3 is 0 Å². The second-order valence-electron chi connectivity index (χ2n) is 7.39. The molecule has 1 aliphatic rings. The van der Waals surface area contributed by atoms with Crippen molar-refractivity contribution in [3.8, 4) is 22.7 Å². The van der Waals surface area contributed by atoms with Gasteiger partial charge in [-0.25, -0.2) is 18.4 Å². The van der Waals surface area contributed by atoms with E-state index in [-0.39, 0.29) is 11.4 Å². The van der Waals surface area contributed by atoms with Crippen molar-refractivity contribution >= 4 is 22.8 Å². The summed E-state index contributed by atoms with van der Waals surface area (Å²) in [5.41, 5.74) is 7.78. The van der Waals surface area contributed by atoms with Gasteiger partial charge in [0.15, 0.2) is 5.65 Å². The Morgan fingerprint density at radius 3 is 2.55 bits per heavy atom. The van der Waals surface area contributed by atoms with Crippen LogP contribution >= 0.6 is 0 Å². The molecule has 0 saturated carbocycles. The molecule has 2 aromatic carbocycles. The molecule has 1 aliphatic heterocycles. The van der Waals surface area contributed by atoms with Crippen LogP contribution in [0.1, 0.15) is 12.8 Å². The van der Waals surface area contributed by atoms with Crippen LogP contribution in [0.4, 0.5) is 20.5 Å². The van der Waals surface area contributed by atoms with Gasteiger partial charge in [0.2, 0.25) is 5.95 Å². The Balaban J connectivity index is 1.77. The zero-order valence-corrected chi connectivity index (χ0v) is 16.8. The lowest BCUT2D eigenvalue weighted by Crippen LogP contribution is -2.20. The van der Waals surface area contributed by atoms with Gasteiger partial charge in [-0.3, -0.25) is 0 Å². The Labute approximate surface area is 177 Å². The maximum atomic E-state index is 15.0. The standard InChI is InChI=1S/C22H20F2N6O/c1-31-15-7-8-16(17(24)12-15)19-18-20(25)30(14-6-4-5-13(23)11-14)28-21(18)27-22(26-19)29-9-2-3-10-29/h4-8,11-12H,2-3,9-10,25H2,1H3. The molecule has 2 N–H and O–H groups in total. The Bertz CT molecular complexity index is 1280. The average molecular weight is 422 g/mol. The predicted molar refractivity (Wildman–Crippen MR) is 114 cm³/mol. The summed E-state index contributed by atoms with van der Waals surface area (Å²) in [6.07, 6.45) is 2.07. The molecule has 0 spiro atoms. The number of nitrogens with zero attached hydrogens (tertiary/aromatic N) is 5. The number of anilines is 2. The lowest BCUT2D eigenvalue weighted by atomic mass is 10.1. The maximum absolute atomic E-state index is 15.0. The number of nitrogens with two attached hydrogens (primary N) is 1. The summed E-state index contributed by atoms with van der Waals surface area (Å²) in [4.78, 5) is 11.3. The van der Waals surface area contributed by atoms with E-state index in [0.29, 0.717) is 34.1 Å². The number of rotatable bonds is 4. The van der Waals surface area contributed by atoms with Gasteiger partial charge < -0.3 is 15.4 Å². The van der Waals surface area contributed by atoms with Gasteiger partial charge in [0, 0.05) is 24.7 Å². The fourth-order valence-corrected chi connectivity index (χ4v) is 3.87. The monoisotopic (exact) mass is 422 g/mol. The van der Waals surface area contributed by atoms with E-state index >= 15 is 4.39 Å². The number of methoxy groups -OCH3 is 1. The van der Waals surface area contributed by atoms with E-state index in [0.717, 1.165) is 25.9 Å². The number of ether oxygens (including phenoxy) is 1. The molecule has 31 heavy (non-hydrogen) atoms. The van der Waals surface area contributed by atoms with Crippen molar-refractivity contribution in [2.45, 2.75) is 12.8 Å². The average Bonchev–Trinajstić information content (AvgIpc) is 3.42. The molecule has 4 aromatic rings. The Morgan fingerprint density at radius 1 is 1.03 bits per heavy atom. The molecule has 0 aliphatic carbocycles. The molecule has 2 aromatic heterocycles. The molecule has 0 amide bonds. The third-order valence-electron chi connectivity index (χ3n) is 5.43. The summed E-state index contributed by atoms with van der Waals surface area (Å²) < 4.78 is 35.3. The van der Waals surface area contributed by atoms with E-state index in [9.17, 15) is 4.39 Å². The molecule has 0 bridgehead atoms. The minimum Gasteiger partial charge on any atom is -0.497 e. The number of hydrogen-bond donors (Lipinski definition) is 1.